The molecule has 1 aliphatic rings. The third-order valence-corrected chi connectivity index (χ3v) is 4.35. The molecular formula is C17H29N5O2. The van der Waals surface area contributed by atoms with Crippen LogP contribution in [0.2, 0.25) is 0 Å². The summed E-state index contributed by atoms with van der Waals surface area (Å²) in [5.41, 5.74) is 5.33. The van der Waals surface area contributed by atoms with Gasteiger partial charge in [0.1, 0.15) is 5.76 Å². The monoisotopic (exact) mass is 335 g/mol. The first-order valence-corrected chi connectivity index (χ1v) is 8.72. The lowest BCUT2D eigenvalue weighted by molar-refractivity contribution is 0.188. The van der Waals surface area contributed by atoms with Gasteiger partial charge in [0.15, 0.2) is 5.96 Å². The maximum atomic E-state index is 11.2. The fourth-order valence-corrected chi connectivity index (χ4v) is 2.64. The molecule has 0 spiro atoms. The Morgan fingerprint density at radius 1 is 1.50 bits per heavy atom. The molecule has 1 fully saturated rings. The number of primary amides is 1. The molecule has 0 saturated carbocycles. The molecule has 2 heterocycles. The number of likely N-dealkylation sites (tertiary alicyclic amines) is 1. The molecule has 7 heteroatoms. The van der Waals surface area contributed by atoms with Gasteiger partial charge >= 0.3 is 6.03 Å². The number of carbonyl (C=O) groups excluding carboxylic acids is 1. The number of aliphatic imine (C=N–C) groups is 1. The summed E-state index contributed by atoms with van der Waals surface area (Å²) in [6.07, 6.45) is 5.24. The summed E-state index contributed by atoms with van der Waals surface area (Å²) in [6, 6.07) is 4.18. The zero-order valence-corrected chi connectivity index (χ0v) is 14.6. The molecular weight excluding hydrogens is 306 g/mol. The van der Waals surface area contributed by atoms with Crippen LogP contribution < -0.4 is 16.4 Å². The summed E-state index contributed by atoms with van der Waals surface area (Å²) < 4.78 is 5.34. The van der Waals surface area contributed by atoms with Gasteiger partial charge in [-0.2, -0.15) is 0 Å². The molecule has 1 unspecified atom stereocenters. The van der Waals surface area contributed by atoms with E-state index in [1.165, 1.54) is 0 Å². The van der Waals surface area contributed by atoms with E-state index in [0.29, 0.717) is 31.7 Å². The smallest absolute Gasteiger partial charge is 0.314 e. The van der Waals surface area contributed by atoms with E-state index in [-0.39, 0.29) is 6.03 Å². The molecule has 4 N–H and O–H groups in total. The maximum Gasteiger partial charge on any atom is 0.314 e. The van der Waals surface area contributed by atoms with E-state index in [0.717, 1.165) is 37.4 Å². The van der Waals surface area contributed by atoms with Gasteiger partial charge in [0.2, 0.25) is 0 Å². The van der Waals surface area contributed by atoms with Gasteiger partial charge in [-0.25, -0.2) is 4.79 Å². The van der Waals surface area contributed by atoms with Gasteiger partial charge in [0, 0.05) is 38.1 Å². The number of hydrogen-bond donors (Lipinski definition) is 3. The SMILES string of the molecule is CCC(C)NC(=NCCc1ccco1)NC1CCN(C(N)=O)CC1. The minimum atomic E-state index is -0.335. The van der Waals surface area contributed by atoms with Crippen molar-refractivity contribution in [1.82, 2.24) is 15.5 Å². The van der Waals surface area contributed by atoms with Gasteiger partial charge < -0.3 is 25.7 Å². The van der Waals surface area contributed by atoms with Gasteiger partial charge in [0.05, 0.1) is 6.26 Å². The van der Waals surface area contributed by atoms with Crippen molar-refractivity contribution in [1.29, 1.82) is 0 Å². The van der Waals surface area contributed by atoms with E-state index in [9.17, 15) is 4.79 Å². The summed E-state index contributed by atoms with van der Waals surface area (Å²) in [7, 11) is 0. The van der Waals surface area contributed by atoms with Gasteiger partial charge in [0.25, 0.3) is 0 Å². The highest BCUT2D eigenvalue weighted by atomic mass is 16.3. The van der Waals surface area contributed by atoms with Crippen molar-refractivity contribution < 1.29 is 9.21 Å². The van der Waals surface area contributed by atoms with Crippen LogP contribution in [0.1, 0.15) is 38.9 Å². The van der Waals surface area contributed by atoms with Gasteiger partial charge in [-0.1, -0.05) is 6.92 Å². The van der Waals surface area contributed by atoms with E-state index in [1.807, 2.05) is 12.1 Å². The van der Waals surface area contributed by atoms with Crippen molar-refractivity contribution in [2.45, 2.75) is 51.6 Å². The molecule has 1 atom stereocenters. The highest BCUT2D eigenvalue weighted by molar-refractivity contribution is 5.80. The molecule has 2 rings (SSSR count). The number of nitrogens with two attached hydrogens (primary N) is 1. The summed E-state index contributed by atoms with van der Waals surface area (Å²) in [5.74, 6) is 1.77. The lowest BCUT2D eigenvalue weighted by Gasteiger charge is -2.32. The summed E-state index contributed by atoms with van der Waals surface area (Å²) >= 11 is 0. The minimum Gasteiger partial charge on any atom is -0.469 e. The summed E-state index contributed by atoms with van der Waals surface area (Å²) in [6.45, 7) is 6.33. The number of urea groups is 1. The average molecular weight is 335 g/mol. The number of furan rings is 1. The second kappa shape index (κ2) is 9.20. The first-order chi connectivity index (χ1) is 11.6. The summed E-state index contributed by atoms with van der Waals surface area (Å²) in [4.78, 5) is 17.6. The number of rotatable bonds is 6. The number of piperidine rings is 1. The molecule has 1 saturated heterocycles. The number of amides is 2. The van der Waals surface area contributed by atoms with Crippen molar-refractivity contribution in [2.75, 3.05) is 19.6 Å². The predicted octanol–water partition coefficient (Wildman–Crippen LogP) is 1.70. The predicted molar refractivity (Wildman–Crippen MR) is 94.9 cm³/mol. The number of nitrogens with zero attached hydrogens (tertiary/aromatic N) is 2. The first-order valence-electron chi connectivity index (χ1n) is 8.72. The Kier molecular flexibility index (Phi) is 6.96. The molecule has 0 aromatic carbocycles. The van der Waals surface area contributed by atoms with Crippen molar-refractivity contribution in [3.05, 3.63) is 24.2 Å². The lowest BCUT2D eigenvalue weighted by atomic mass is 10.1. The fourth-order valence-electron chi connectivity index (χ4n) is 2.64. The van der Waals surface area contributed by atoms with Crippen molar-refractivity contribution in [3.63, 3.8) is 0 Å². The quantitative estimate of drug-likeness (QED) is 0.544. The standard InChI is InChI=1S/C17H29N5O2/c1-3-13(2)20-17(19-9-6-15-5-4-12-24-15)21-14-7-10-22(11-8-14)16(18)23/h4-5,12-14H,3,6-11H2,1-2H3,(H2,18,23)(H2,19,20,21). The Balaban J connectivity index is 1.87. The molecule has 1 aromatic heterocycles. The van der Waals surface area contributed by atoms with Gasteiger partial charge in [-0.3, -0.25) is 4.99 Å². The van der Waals surface area contributed by atoms with Crippen molar-refractivity contribution >= 4 is 12.0 Å². The third kappa shape index (κ3) is 5.79. The molecule has 0 radical (unpaired) electrons. The van der Waals surface area contributed by atoms with Crippen LogP contribution in [-0.2, 0) is 6.42 Å². The second-order valence-electron chi connectivity index (χ2n) is 6.26. The van der Waals surface area contributed by atoms with Crippen molar-refractivity contribution in [3.8, 4) is 0 Å². The number of nitrogens with one attached hydrogen (secondary N) is 2. The highest BCUT2D eigenvalue weighted by Crippen LogP contribution is 2.10. The topological polar surface area (TPSA) is 95.9 Å². The Bertz CT molecular complexity index is 521. The van der Waals surface area contributed by atoms with E-state index in [2.05, 4.69) is 29.5 Å². The number of hydrogen-bond acceptors (Lipinski definition) is 3. The van der Waals surface area contributed by atoms with Crippen LogP contribution in [0.5, 0.6) is 0 Å². The Labute approximate surface area is 143 Å². The molecule has 1 aliphatic heterocycles. The average Bonchev–Trinajstić information content (AvgIpc) is 3.08. The van der Waals surface area contributed by atoms with Gasteiger partial charge in [-0.15, -0.1) is 0 Å². The maximum absolute atomic E-state index is 11.2. The fraction of sp³-hybridized carbons (Fsp3) is 0.647. The van der Waals surface area contributed by atoms with Crippen LogP contribution in [0.15, 0.2) is 27.8 Å². The van der Waals surface area contributed by atoms with Crippen LogP contribution in [-0.4, -0.2) is 48.6 Å². The lowest BCUT2D eigenvalue weighted by Crippen LogP contribution is -2.52. The van der Waals surface area contributed by atoms with E-state index < -0.39 is 0 Å². The second-order valence-corrected chi connectivity index (χ2v) is 6.26. The Hall–Kier alpha value is -2.18. The number of carbonyl (C=O) groups is 1. The van der Waals surface area contributed by atoms with Crippen LogP contribution >= 0.6 is 0 Å². The largest absolute Gasteiger partial charge is 0.469 e. The van der Waals surface area contributed by atoms with Crippen molar-refractivity contribution in [2.24, 2.45) is 10.7 Å². The minimum absolute atomic E-state index is 0.305. The molecule has 1 aromatic rings. The Morgan fingerprint density at radius 2 is 2.25 bits per heavy atom. The zero-order valence-electron chi connectivity index (χ0n) is 14.6. The molecule has 7 nitrogen and oxygen atoms in total. The summed E-state index contributed by atoms with van der Waals surface area (Å²) in [5, 5.41) is 6.92. The van der Waals surface area contributed by atoms with Crippen LogP contribution in [0, 0.1) is 0 Å². The van der Waals surface area contributed by atoms with Gasteiger partial charge in [-0.05, 0) is 38.3 Å². The molecule has 0 aliphatic carbocycles. The number of guanidine groups is 1. The van der Waals surface area contributed by atoms with E-state index >= 15 is 0 Å². The molecule has 2 amide bonds. The van der Waals surface area contributed by atoms with Crippen LogP contribution in [0.25, 0.3) is 0 Å². The molecule has 24 heavy (non-hydrogen) atoms. The molecule has 134 valence electrons. The zero-order chi connectivity index (χ0) is 17.4. The Morgan fingerprint density at radius 3 is 2.83 bits per heavy atom. The van der Waals surface area contributed by atoms with Crippen LogP contribution in [0.4, 0.5) is 4.79 Å². The van der Waals surface area contributed by atoms with E-state index in [1.54, 1.807) is 11.2 Å². The highest BCUT2D eigenvalue weighted by Gasteiger charge is 2.22. The first kappa shape index (κ1) is 18.2. The normalized spacial score (nSPS) is 17.6. The third-order valence-electron chi connectivity index (χ3n) is 4.35. The van der Waals surface area contributed by atoms with E-state index in [4.69, 9.17) is 10.2 Å². The molecule has 0 bridgehead atoms. The van der Waals surface area contributed by atoms with Crippen LogP contribution in [0.3, 0.4) is 0 Å².